The molecular formula is C22H27N5O2. The number of carbonyl (C=O) groups excluding carboxylic acids is 2. The summed E-state index contributed by atoms with van der Waals surface area (Å²) in [5.41, 5.74) is 7.34. The van der Waals surface area contributed by atoms with E-state index in [9.17, 15) is 9.59 Å². The molecule has 0 spiro atoms. The molecule has 7 nitrogen and oxygen atoms in total. The van der Waals surface area contributed by atoms with E-state index in [1.165, 1.54) is 5.56 Å². The third-order valence-corrected chi connectivity index (χ3v) is 5.95. The van der Waals surface area contributed by atoms with Crippen molar-refractivity contribution in [1.82, 2.24) is 15.2 Å². The van der Waals surface area contributed by atoms with Crippen molar-refractivity contribution in [2.45, 2.75) is 18.3 Å². The van der Waals surface area contributed by atoms with E-state index in [4.69, 9.17) is 5.73 Å². The smallest absolute Gasteiger partial charge is 0.252 e. The molecule has 2 amide bonds. The molecule has 1 aromatic carbocycles. The number of pyridine rings is 1. The van der Waals surface area contributed by atoms with Gasteiger partial charge in [0.25, 0.3) is 5.91 Å². The highest BCUT2D eigenvalue weighted by Crippen LogP contribution is 2.47. The molecule has 2 heterocycles. The molecule has 1 aliphatic carbocycles. The van der Waals surface area contributed by atoms with Crippen molar-refractivity contribution in [3.63, 3.8) is 0 Å². The summed E-state index contributed by atoms with van der Waals surface area (Å²) in [4.78, 5) is 32.6. The first-order valence-corrected chi connectivity index (χ1v) is 10.1. The van der Waals surface area contributed by atoms with Crippen molar-refractivity contribution >= 4 is 17.6 Å². The molecule has 152 valence electrons. The van der Waals surface area contributed by atoms with E-state index >= 15 is 0 Å². The number of hydrogen-bond acceptors (Lipinski definition) is 5. The van der Waals surface area contributed by atoms with Crippen LogP contribution in [0.4, 0.5) is 5.82 Å². The average Bonchev–Trinajstić information content (AvgIpc) is 3.55. The summed E-state index contributed by atoms with van der Waals surface area (Å²) >= 11 is 0. The lowest BCUT2D eigenvalue weighted by Gasteiger charge is -2.35. The molecule has 1 aliphatic heterocycles. The van der Waals surface area contributed by atoms with E-state index in [0.717, 1.165) is 25.9 Å². The first kappa shape index (κ1) is 19.4. The number of carbonyl (C=O) groups is 2. The van der Waals surface area contributed by atoms with Crippen LogP contribution in [0, 0.1) is 0 Å². The summed E-state index contributed by atoms with van der Waals surface area (Å²) in [6.45, 7) is 3.99. The molecule has 2 fully saturated rings. The zero-order valence-corrected chi connectivity index (χ0v) is 16.5. The zero-order chi connectivity index (χ0) is 20.3. The number of anilines is 1. The molecular weight excluding hydrogens is 366 g/mol. The molecule has 0 unspecified atom stereocenters. The average molecular weight is 393 g/mol. The fraction of sp³-hybridized carbons (Fsp3) is 0.409. The molecule has 29 heavy (non-hydrogen) atoms. The Kier molecular flexibility index (Phi) is 5.49. The van der Waals surface area contributed by atoms with Crippen molar-refractivity contribution in [3.8, 4) is 0 Å². The molecule has 7 heteroatoms. The molecule has 1 aromatic heterocycles. The Morgan fingerprint density at radius 1 is 1.03 bits per heavy atom. The lowest BCUT2D eigenvalue weighted by atomic mass is 9.96. The highest BCUT2D eigenvalue weighted by molar-refractivity contribution is 5.97. The molecule has 2 aromatic rings. The number of piperazine rings is 1. The number of primary amides is 1. The van der Waals surface area contributed by atoms with Crippen molar-refractivity contribution in [2.75, 3.05) is 44.2 Å². The fourth-order valence-corrected chi connectivity index (χ4v) is 4.00. The van der Waals surface area contributed by atoms with Gasteiger partial charge in [-0.2, -0.15) is 0 Å². The van der Waals surface area contributed by atoms with E-state index in [1.54, 1.807) is 18.3 Å². The van der Waals surface area contributed by atoms with Crippen molar-refractivity contribution in [2.24, 2.45) is 5.73 Å². The van der Waals surface area contributed by atoms with Crippen LogP contribution >= 0.6 is 0 Å². The van der Waals surface area contributed by atoms with Gasteiger partial charge in [0.05, 0.1) is 12.1 Å². The molecule has 1 saturated heterocycles. The van der Waals surface area contributed by atoms with Gasteiger partial charge < -0.3 is 16.0 Å². The molecule has 2 aliphatic rings. The molecule has 0 bridgehead atoms. The molecule has 4 rings (SSSR count). The first-order valence-electron chi connectivity index (χ1n) is 10.1. The zero-order valence-electron chi connectivity index (χ0n) is 16.5. The lowest BCUT2D eigenvalue weighted by Crippen LogP contribution is -2.50. The summed E-state index contributed by atoms with van der Waals surface area (Å²) in [6, 6.07) is 13.9. The van der Waals surface area contributed by atoms with Crippen LogP contribution in [0.25, 0.3) is 0 Å². The molecule has 0 atom stereocenters. The monoisotopic (exact) mass is 393 g/mol. The van der Waals surface area contributed by atoms with Crippen molar-refractivity contribution in [3.05, 3.63) is 59.8 Å². The Labute approximate surface area is 170 Å². The number of nitrogens with two attached hydrogens (primary N) is 1. The Bertz CT molecular complexity index is 874. The van der Waals surface area contributed by atoms with Crippen LogP contribution in [0.2, 0.25) is 0 Å². The minimum absolute atomic E-state index is 0.0660. The van der Waals surface area contributed by atoms with Crippen LogP contribution in [0.5, 0.6) is 0 Å². The molecule has 3 N–H and O–H groups in total. The number of rotatable bonds is 7. The van der Waals surface area contributed by atoms with E-state index in [-0.39, 0.29) is 11.3 Å². The summed E-state index contributed by atoms with van der Waals surface area (Å²) in [5, 5.41) is 3.13. The van der Waals surface area contributed by atoms with Gasteiger partial charge in [-0.05, 0) is 30.5 Å². The lowest BCUT2D eigenvalue weighted by molar-refractivity contribution is -0.122. The van der Waals surface area contributed by atoms with Gasteiger partial charge in [0.1, 0.15) is 5.82 Å². The third-order valence-electron chi connectivity index (χ3n) is 5.95. The van der Waals surface area contributed by atoms with Crippen molar-refractivity contribution < 1.29 is 9.59 Å². The Hall–Kier alpha value is -2.93. The second-order valence-electron chi connectivity index (χ2n) is 7.93. The SMILES string of the molecule is NC(=O)c1cccnc1N1CCN(CC(=O)NCC2(c3ccccc3)CC2)CC1. The van der Waals surface area contributed by atoms with Gasteiger partial charge in [-0.3, -0.25) is 14.5 Å². The summed E-state index contributed by atoms with van der Waals surface area (Å²) in [6.07, 6.45) is 3.92. The maximum absolute atomic E-state index is 12.5. The predicted octanol–water partition coefficient (Wildman–Crippen LogP) is 1.15. The van der Waals surface area contributed by atoms with E-state index in [2.05, 4.69) is 44.4 Å². The largest absolute Gasteiger partial charge is 0.365 e. The number of amides is 2. The van der Waals surface area contributed by atoms with E-state index in [1.807, 2.05) is 6.07 Å². The van der Waals surface area contributed by atoms with Crippen molar-refractivity contribution in [1.29, 1.82) is 0 Å². The van der Waals surface area contributed by atoms with Gasteiger partial charge in [-0.25, -0.2) is 4.98 Å². The second kappa shape index (κ2) is 8.21. The topological polar surface area (TPSA) is 91.6 Å². The Morgan fingerprint density at radius 2 is 1.76 bits per heavy atom. The minimum Gasteiger partial charge on any atom is -0.365 e. The first-order chi connectivity index (χ1) is 14.1. The molecule has 0 radical (unpaired) electrons. The highest BCUT2D eigenvalue weighted by Gasteiger charge is 2.44. The fourth-order valence-electron chi connectivity index (χ4n) is 4.00. The highest BCUT2D eigenvalue weighted by atomic mass is 16.2. The van der Waals surface area contributed by atoms with Gasteiger partial charge in [0.2, 0.25) is 5.91 Å². The number of hydrogen-bond donors (Lipinski definition) is 2. The number of nitrogens with zero attached hydrogens (tertiary/aromatic N) is 3. The second-order valence-corrected chi connectivity index (χ2v) is 7.93. The summed E-state index contributed by atoms with van der Waals surface area (Å²) < 4.78 is 0. The number of benzene rings is 1. The maximum atomic E-state index is 12.5. The van der Waals surface area contributed by atoms with Crippen LogP contribution in [0.3, 0.4) is 0 Å². The third kappa shape index (κ3) is 4.40. The molecule has 1 saturated carbocycles. The van der Waals surface area contributed by atoms with E-state index < -0.39 is 5.91 Å². The van der Waals surface area contributed by atoms with Crippen LogP contribution in [-0.4, -0.2) is 61.0 Å². The quantitative estimate of drug-likeness (QED) is 0.736. The van der Waals surface area contributed by atoms with Crippen LogP contribution < -0.4 is 16.0 Å². The number of nitrogens with one attached hydrogen (secondary N) is 1. The van der Waals surface area contributed by atoms with Crippen LogP contribution in [0.15, 0.2) is 48.7 Å². The van der Waals surface area contributed by atoms with Gasteiger partial charge in [0.15, 0.2) is 0 Å². The number of aromatic nitrogens is 1. The Morgan fingerprint density at radius 3 is 2.41 bits per heavy atom. The minimum atomic E-state index is -0.470. The maximum Gasteiger partial charge on any atom is 0.252 e. The van der Waals surface area contributed by atoms with Crippen LogP contribution in [-0.2, 0) is 10.2 Å². The predicted molar refractivity (Wildman–Crippen MR) is 112 cm³/mol. The Balaban J connectivity index is 1.26. The standard InChI is InChI=1S/C22H27N5O2/c23-20(29)18-7-4-10-24-21(18)27-13-11-26(12-14-27)15-19(28)25-16-22(8-9-22)17-5-2-1-3-6-17/h1-7,10H,8-9,11-16H2,(H2,23,29)(H,25,28). The van der Waals surface area contributed by atoms with Gasteiger partial charge in [-0.1, -0.05) is 30.3 Å². The normalized spacial score (nSPS) is 18.3. The summed E-state index contributed by atoms with van der Waals surface area (Å²) in [7, 11) is 0. The summed E-state index contributed by atoms with van der Waals surface area (Å²) in [5.74, 6) is 0.223. The van der Waals surface area contributed by atoms with Gasteiger partial charge in [-0.15, -0.1) is 0 Å². The van der Waals surface area contributed by atoms with E-state index in [0.29, 0.717) is 37.6 Å². The van der Waals surface area contributed by atoms with Crippen LogP contribution in [0.1, 0.15) is 28.8 Å². The van der Waals surface area contributed by atoms with Gasteiger partial charge >= 0.3 is 0 Å². The van der Waals surface area contributed by atoms with Gasteiger partial charge in [0, 0.05) is 44.3 Å².